The minimum atomic E-state index is -4.72. The number of anilines is 1. The average Bonchev–Trinajstić information content (AvgIpc) is 2.88. The number of carbonyl (C=O) groups is 1. The lowest BCUT2D eigenvalue weighted by Gasteiger charge is -2.10. The van der Waals surface area contributed by atoms with Crippen molar-refractivity contribution in [1.29, 1.82) is 0 Å². The van der Waals surface area contributed by atoms with Crippen molar-refractivity contribution in [2.24, 2.45) is 7.05 Å². The quantitative estimate of drug-likeness (QED) is 0.619. The van der Waals surface area contributed by atoms with Crippen LogP contribution in [0.1, 0.15) is 11.3 Å². The van der Waals surface area contributed by atoms with Crippen LogP contribution in [-0.2, 0) is 18.3 Å². The molecular formula is C20H17ClF3N3O2. The Kier molecular flexibility index (Phi) is 5.83. The number of benzene rings is 2. The van der Waals surface area contributed by atoms with Gasteiger partial charge in [-0.25, -0.2) is 0 Å². The fourth-order valence-corrected chi connectivity index (χ4v) is 3.03. The van der Waals surface area contributed by atoms with Crippen LogP contribution in [0.15, 0.2) is 48.5 Å². The van der Waals surface area contributed by atoms with Crippen molar-refractivity contribution in [2.45, 2.75) is 19.7 Å². The number of nitrogens with zero attached hydrogens (tertiary/aromatic N) is 2. The van der Waals surface area contributed by atoms with Gasteiger partial charge in [-0.05, 0) is 35.7 Å². The number of hydrogen-bond acceptors (Lipinski definition) is 3. The highest BCUT2D eigenvalue weighted by Gasteiger charge is 2.30. The van der Waals surface area contributed by atoms with Crippen molar-refractivity contribution >= 4 is 23.2 Å². The Labute approximate surface area is 170 Å². The fraction of sp³-hybridized carbons (Fsp3) is 0.200. The predicted molar refractivity (Wildman–Crippen MR) is 104 cm³/mol. The molecule has 0 bridgehead atoms. The van der Waals surface area contributed by atoms with Crippen LogP contribution in [0.3, 0.4) is 0 Å². The molecule has 0 fully saturated rings. The summed E-state index contributed by atoms with van der Waals surface area (Å²) in [4.78, 5) is 12.3. The van der Waals surface area contributed by atoms with Gasteiger partial charge in [0.25, 0.3) is 0 Å². The molecule has 5 nitrogen and oxygen atoms in total. The van der Waals surface area contributed by atoms with Crippen LogP contribution in [0, 0.1) is 6.92 Å². The van der Waals surface area contributed by atoms with Crippen LogP contribution < -0.4 is 10.1 Å². The van der Waals surface area contributed by atoms with Gasteiger partial charge in [-0.15, -0.1) is 13.2 Å². The number of nitrogens with one attached hydrogen (secondary N) is 1. The van der Waals surface area contributed by atoms with Crippen LogP contribution in [0.2, 0.25) is 5.15 Å². The van der Waals surface area contributed by atoms with Gasteiger partial charge in [0.15, 0.2) is 5.15 Å². The highest BCUT2D eigenvalue weighted by Crippen LogP contribution is 2.27. The number of amides is 1. The molecule has 1 amide bonds. The standard InChI is InChI=1S/C20H17ClF3N3O2/c1-12-18(19(21)27(2)26-12)25-17(28)11-13-3-5-14(6-4-13)15-7-9-16(10-8-15)29-20(22,23)24/h3-10H,11H2,1-2H3,(H,25,28). The lowest BCUT2D eigenvalue weighted by Crippen LogP contribution is -2.16. The van der Waals surface area contributed by atoms with Crippen LogP contribution in [-0.4, -0.2) is 22.1 Å². The summed E-state index contributed by atoms with van der Waals surface area (Å²) < 4.78 is 42.0. The number of rotatable bonds is 5. The first-order chi connectivity index (χ1) is 13.6. The molecule has 29 heavy (non-hydrogen) atoms. The normalized spacial score (nSPS) is 11.4. The minimum Gasteiger partial charge on any atom is -0.406 e. The third-order valence-corrected chi connectivity index (χ3v) is 4.59. The van der Waals surface area contributed by atoms with E-state index in [1.807, 2.05) is 0 Å². The smallest absolute Gasteiger partial charge is 0.406 e. The van der Waals surface area contributed by atoms with Crippen molar-refractivity contribution in [3.8, 4) is 16.9 Å². The molecule has 0 saturated heterocycles. The van der Waals surface area contributed by atoms with E-state index in [0.717, 1.165) is 16.7 Å². The molecule has 1 N–H and O–H groups in total. The zero-order valence-electron chi connectivity index (χ0n) is 15.5. The fourth-order valence-electron chi connectivity index (χ4n) is 2.81. The van der Waals surface area contributed by atoms with Crippen LogP contribution >= 0.6 is 11.6 Å². The number of alkyl halides is 3. The largest absolute Gasteiger partial charge is 0.573 e. The molecule has 1 aromatic heterocycles. The SMILES string of the molecule is Cc1nn(C)c(Cl)c1NC(=O)Cc1ccc(-c2ccc(OC(F)(F)F)cc2)cc1. The van der Waals surface area contributed by atoms with E-state index >= 15 is 0 Å². The molecule has 0 atom stereocenters. The van der Waals surface area contributed by atoms with E-state index < -0.39 is 6.36 Å². The summed E-state index contributed by atoms with van der Waals surface area (Å²) in [6.45, 7) is 1.75. The summed E-state index contributed by atoms with van der Waals surface area (Å²) in [6, 6.07) is 12.7. The predicted octanol–water partition coefficient (Wildman–Crippen LogP) is 5.13. The molecule has 0 unspecified atom stereocenters. The van der Waals surface area contributed by atoms with Gasteiger partial charge in [0.1, 0.15) is 11.4 Å². The Morgan fingerprint density at radius 2 is 1.66 bits per heavy atom. The van der Waals surface area contributed by atoms with Gasteiger partial charge in [0.05, 0.1) is 12.1 Å². The Balaban J connectivity index is 1.65. The Bertz CT molecular complexity index is 1010. The lowest BCUT2D eigenvalue weighted by atomic mass is 10.0. The minimum absolute atomic E-state index is 0.142. The van der Waals surface area contributed by atoms with Crippen LogP contribution in [0.5, 0.6) is 5.75 Å². The van der Waals surface area contributed by atoms with Gasteiger partial charge in [-0.1, -0.05) is 48.0 Å². The molecule has 152 valence electrons. The monoisotopic (exact) mass is 423 g/mol. The molecular weight excluding hydrogens is 407 g/mol. The van der Waals surface area contributed by atoms with E-state index in [-0.39, 0.29) is 18.1 Å². The molecule has 0 radical (unpaired) electrons. The van der Waals surface area contributed by atoms with Crippen LogP contribution in [0.4, 0.5) is 18.9 Å². The Morgan fingerprint density at radius 3 is 2.14 bits per heavy atom. The average molecular weight is 424 g/mol. The maximum atomic E-state index is 12.3. The molecule has 0 saturated carbocycles. The number of carbonyl (C=O) groups excluding carboxylic acids is 1. The second kappa shape index (κ2) is 8.16. The van der Waals surface area contributed by atoms with E-state index in [1.165, 1.54) is 28.9 Å². The molecule has 0 spiro atoms. The molecule has 3 aromatic rings. The number of aryl methyl sites for hydroxylation is 2. The summed E-state index contributed by atoms with van der Waals surface area (Å²) in [7, 11) is 1.69. The van der Waals surface area contributed by atoms with Crippen molar-refractivity contribution in [3.63, 3.8) is 0 Å². The van der Waals surface area contributed by atoms with Crippen molar-refractivity contribution in [1.82, 2.24) is 9.78 Å². The number of halogens is 4. The van der Waals surface area contributed by atoms with Crippen molar-refractivity contribution < 1.29 is 22.7 Å². The second-order valence-electron chi connectivity index (χ2n) is 6.37. The molecule has 0 aliphatic rings. The zero-order chi connectivity index (χ0) is 21.2. The van der Waals surface area contributed by atoms with E-state index in [2.05, 4.69) is 15.2 Å². The van der Waals surface area contributed by atoms with E-state index in [9.17, 15) is 18.0 Å². The summed E-state index contributed by atoms with van der Waals surface area (Å²) in [5.74, 6) is -0.511. The Morgan fingerprint density at radius 1 is 1.10 bits per heavy atom. The first kappa shape index (κ1) is 20.7. The summed E-state index contributed by atoms with van der Waals surface area (Å²) in [5.41, 5.74) is 3.42. The molecule has 0 aliphatic carbocycles. The van der Waals surface area contributed by atoms with E-state index in [4.69, 9.17) is 11.6 Å². The van der Waals surface area contributed by atoms with E-state index in [1.54, 1.807) is 38.2 Å². The maximum Gasteiger partial charge on any atom is 0.573 e. The topological polar surface area (TPSA) is 56.2 Å². The van der Waals surface area contributed by atoms with Gasteiger partial charge < -0.3 is 10.1 Å². The van der Waals surface area contributed by atoms with Gasteiger partial charge in [0.2, 0.25) is 5.91 Å². The third-order valence-electron chi connectivity index (χ3n) is 4.16. The number of aromatic nitrogens is 2. The molecule has 1 heterocycles. The van der Waals surface area contributed by atoms with Gasteiger partial charge in [-0.2, -0.15) is 5.10 Å². The summed E-state index contributed by atoms with van der Waals surface area (Å²) >= 11 is 6.11. The zero-order valence-corrected chi connectivity index (χ0v) is 16.3. The number of hydrogen-bond donors (Lipinski definition) is 1. The Hall–Kier alpha value is -3.00. The van der Waals surface area contributed by atoms with Crippen LogP contribution in [0.25, 0.3) is 11.1 Å². The van der Waals surface area contributed by atoms with Crippen molar-refractivity contribution in [2.75, 3.05) is 5.32 Å². The second-order valence-corrected chi connectivity index (χ2v) is 6.73. The maximum absolute atomic E-state index is 12.3. The lowest BCUT2D eigenvalue weighted by molar-refractivity contribution is -0.274. The highest BCUT2D eigenvalue weighted by molar-refractivity contribution is 6.32. The molecule has 9 heteroatoms. The summed E-state index contributed by atoms with van der Waals surface area (Å²) in [6.07, 6.45) is -4.58. The molecule has 3 rings (SSSR count). The molecule has 2 aromatic carbocycles. The number of ether oxygens (including phenoxy) is 1. The highest BCUT2D eigenvalue weighted by atomic mass is 35.5. The van der Waals surface area contributed by atoms with Gasteiger partial charge in [0, 0.05) is 7.05 Å². The first-order valence-corrected chi connectivity index (χ1v) is 8.94. The van der Waals surface area contributed by atoms with Crippen molar-refractivity contribution in [3.05, 3.63) is 64.9 Å². The van der Waals surface area contributed by atoms with E-state index in [0.29, 0.717) is 16.5 Å². The molecule has 0 aliphatic heterocycles. The first-order valence-electron chi connectivity index (χ1n) is 8.56. The van der Waals surface area contributed by atoms with Gasteiger partial charge in [-0.3, -0.25) is 9.48 Å². The summed E-state index contributed by atoms with van der Waals surface area (Å²) in [5, 5.41) is 7.25. The third kappa shape index (κ3) is 5.29. The van der Waals surface area contributed by atoms with Gasteiger partial charge >= 0.3 is 6.36 Å².